The van der Waals surface area contributed by atoms with Gasteiger partial charge in [0.15, 0.2) is 0 Å². The fourth-order valence-corrected chi connectivity index (χ4v) is 4.71. The number of benzene rings is 2. The van der Waals surface area contributed by atoms with Crippen LogP contribution in [0.3, 0.4) is 0 Å². The molecule has 1 N–H and O–H groups in total. The molecule has 0 aromatic heterocycles. The summed E-state index contributed by atoms with van der Waals surface area (Å²) in [6.07, 6.45) is 0. The number of likely N-dealkylation sites (tertiary alicyclic amines) is 1. The Morgan fingerprint density at radius 3 is 2.25 bits per heavy atom. The first-order valence-electron chi connectivity index (χ1n) is 12.6. The van der Waals surface area contributed by atoms with Crippen molar-refractivity contribution in [2.24, 2.45) is 0 Å². The Morgan fingerprint density at radius 1 is 1.06 bits per heavy atom. The van der Waals surface area contributed by atoms with E-state index >= 15 is 0 Å². The smallest absolute Gasteiger partial charge is 0.295 e. The fraction of sp³-hybridized carbons (Fsp3) is 0.448. The molecule has 1 atom stereocenters. The quantitative estimate of drug-likeness (QED) is 0.261. The lowest BCUT2D eigenvalue weighted by molar-refractivity contribution is -0.140. The van der Waals surface area contributed by atoms with E-state index in [1.54, 1.807) is 23.1 Å². The molecule has 6 nitrogen and oxygen atoms in total. The van der Waals surface area contributed by atoms with Crippen LogP contribution in [0.15, 0.2) is 48.0 Å². The highest BCUT2D eigenvalue weighted by molar-refractivity contribution is 6.47. The maximum atomic E-state index is 13.3. The summed E-state index contributed by atoms with van der Waals surface area (Å²) in [4.78, 5) is 30.4. The molecule has 2 aromatic rings. The van der Waals surface area contributed by atoms with Crippen LogP contribution in [0.4, 0.5) is 0 Å². The highest BCUT2D eigenvalue weighted by Crippen LogP contribution is 2.41. The van der Waals surface area contributed by atoms with Crippen molar-refractivity contribution in [1.29, 1.82) is 0 Å². The lowest BCUT2D eigenvalue weighted by atomic mass is 9.85. The fourth-order valence-electron chi connectivity index (χ4n) is 4.50. The van der Waals surface area contributed by atoms with Gasteiger partial charge in [-0.3, -0.25) is 9.59 Å². The number of carbonyl (C=O) groups excluding carboxylic acids is 2. The molecule has 0 bridgehead atoms. The van der Waals surface area contributed by atoms with Crippen molar-refractivity contribution in [3.8, 4) is 5.75 Å². The zero-order chi connectivity index (χ0) is 26.6. The molecule has 1 unspecified atom stereocenters. The number of carbonyl (C=O) groups is 2. The lowest BCUT2D eigenvalue weighted by Crippen LogP contribution is -2.38. The summed E-state index contributed by atoms with van der Waals surface area (Å²) in [7, 11) is 0. The first kappa shape index (κ1) is 27.8. The summed E-state index contributed by atoms with van der Waals surface area (Å²) in [5, 5.41) is 11.7. The van der Waals surface area contributed by atoms with E-state index in [0.717, 1.165) is 24.2 Å². The van der Waals surface area contributed by atoms with Gasteiger partial charge in [-0.25, -0.2) is 0 Å². The molecule has 0 saturated carbocycles. The topological polar surface area (TPSA) is 70.1 Å². The van der Waals surface area contributed by atoms with Gasteiger partial charge in [0.1, 0.15) is 11.5 Å². The monoisotopic (exact) mass is 512 g/mol. The van der Waals surface area contributed by atoms with Crippen molar-refractivity contribution >= 4 is 29.1 Å². The van der Waals surface area contributed by atoms with Gasteiger partial charge in [0, 0.05) is 18.7 Å². The number of aliphatic hydroxyl groups is 1. The molecule has 3 rings (SSSR count). The molecule has 1 aliphatic heterocycles. The first-order chi connectivity index (χ1) is 17.0. The Hall–Kier alpha value is -2.83. The molecule has 0 radical (unpaired) electrons. The average Bonchev–Trinajstić information content (AvgIpc) is 3.10. The number of halogens is 1. The Balaban J connectivity index is 2.15. The van der Waals surface area contributed by atoms with Crippen molar-refractivity contribution < 1.29 is 19.4 Å². The Bertz CT molecular complexity index is 1130. The van der Waals surface area contributed by atoms with Crippen LogP contribution in [0.5, 0.6) is 5.75 Å². The number of amides is 1. The zero-order valence-electron chi connectivity index (χ0n) is 22.1. The second-order valence-electron chi connectivity index (χ2n) is 9.97. The van der Waals surface area contributed by atoms with Gasteiger partial charge >= 0.3 is 0 Å². The third-order valence-electron chi connectivity index (χ3n) is 6.69. The standard InChI is InChI=1S/C29H37ClN2O4/c1-7-31(8-2)16-17-32-25(19-10-12-20(13-11-19)29(4,5)6)24(27(34)28(32)35)26(33)22-18-21(36-9-3)14-15-23(22)30/h10-15,18,25,33H,7-9,16-17H2,1-6H3/b26-24+. The van der Waals surface area contributed by atoms with Crippen LogP contribution in [0.1, 0.15) is 64.3 Å². The van der Waals surface area contributed by atoms with Gasteiger partial charge in [-0.05, 0) is 54.8 Å². The summed E-state index contributed by atoms with van der Waals surface area (Å²) in [6, 6.07) is 12.1. The van der Waals surface area contributed by atoms with E-state index < -0.39 is 17.7 Å². The second-order valence-corrected chi connectivity index (χ2v) is 10.4. The van der Waals surface area contributed by atoms with Crippen LogP contribution in [-0.2, 0) is 15.0 Å². The second kappa shape index (κ2) is 11.5. The molecule has 1 heterocycles. The zero-order valence-corrected chi connectivity index (χ0v) is 22.9. The predicted octanol–water partition coefficient (Wildman–Crippen LogP) is 5.80. The number of ketones is 1. The van der Waals surface area contributed by atoms with Crippen molar-refractivity contribution in [3.63, 3.8) is 0 Å². The minimum absolute atomic E-state index is 0.0404. The van der Waals surface area contributed by atoms with E-state index in [0.29, 0.717) is 25.4 Å². The molecule has 36 heavy (non-hydrogen) atoms. The third kappa shape index (κ3) is 5.76. The van der Waals surface area contributed by atoms with Crippen molar-refractivity contribution in [2.75, 3.05) is 32.8 Å². The summed E-state index contributed by atoms with van der Waals surface area (Å²) in [5.74, 6) is -1.11. The van der Waals surface area contributed by atoms with Crippen LogP contribution in [0, 0.1) is 0 Å². The molecule has 1 aliphatic rings. The van der Waals surface area contributed by atoms with Gasteiger partial charge in [0.25, 0.3) is 11.7 Å². The normalized spacial score (nSPS) is 17.8. The SMILES string of the molecule is CCOc1ccc(Cl)c(/C(O)=C2\C(=O)C(=O)N(CCN(CC)CC)C2c2ccc(C(C)(C)C)cc2)c1. The molecule has 1 saturated heterocycles. The van der Waals surface area contributed by atoms with Crippen LogP contribution >= 0.6 is 11.6 Å². The predicted molar refractivity (Wildman–Crippen MR) is 145 cm³/mol. The van der Waals surface area contributed by atoms with Crippen LogP contribution in [0.2, 0.25) is 5.02 Å². The highest BCUT2D eigenvalue weighted by atomic mass is 35.5. The van der Waals surface area contributed by atoms with E-state index in [2.05, 4.69) is 39.5 Å². The van der Waals surface area contributed by atoms with E-state index in [4.69, 9.17) is 16.3 Å². The largest absolute Gasteiger partial charge is 0.507 e. The van der Waals surface area contributed by atoms with Gasteiger partial charge in [-0.15, -0.1) is 0 Å². The van der Waals surface area contributed by atoms with E-state index in [9.17, 15) is 14.7 Å². The number of aliphatic hydroxyl groups excluding tert-OH is 1. The maximum absolute atomic E-state index is 13.3. The number of Topliss-reactive ketones (excluding diaryl/α,β-unsaturated/α-hetero) is 1. The van der Waals surface area contributed by atoms with Gasteiger partial charge in [0.2, 0.25) is 0 Å². The summed E-state index contributed by atoms with van der Waals surface area (Å²) >= 11 is 6.43. The maximum Gasteiger partial charge on any atom is 0.295 e. The van der Waals surface area contributed by atoms with Crippen molar-refractivity contribution in [3.05, 3.63) is 69.8 Å². The number of hydrogen-bond acceptors (Lipinski definition) is 5. The van der Waals surface area contributed by atoms with Gasteiger partial charge in [-0.1, -0.05) is 70.5 Å². The molecular weight excluding hydrogens is 476 g/mol. The van der Waals surface area contributed by atoms with Gasteiger partial charge < -0.3 is 19.6 Å². The van der Waals surface area contributed by atoms with Crippen LogP contribution in [-0.4, -0.2) is 59.4 Å². The number of hydrogen-bond donors (Lipinski definition) is 1. The molecular formula is C29H37ClN2O4. The number of nitrogens with zero attached hydrogens (tertiary/aromatic N) is 2. The number of ether oxygens (including phenoxy) is 1. The molecule has 0 spiro atoms. The minimum atomic E-state index is -0.721. The molecule has 0 aliphatic carbocycles. The summed E-state index contributed by atoms with van der Waals surface area (Å²) < 4.78 is 5.57. The summed E-state index contributed by atoms with van der Waals surface area (Å²) in [5.41, 5.74) is 2.16. The van der Waals surface area contributed by atoms with E-state index in [-0.39, 0.29) is 27.3 Å². The van der Waals surface area contributed by atoms with E-state index in [1.807, 2.05) is 31.2 Å². The molecule has 7 heteroatoms. The summed E-state index contributed by atoms with van der Waals surface area (Å²) in [6.45, 7) is 15.5. The van der Waals surface area contributed by atoms with Crippen molar-refractivity contribution in [1.82, 2.24) is 9.80 Å². The Labute approximate surface area is 219 Å². The average molecular weight is 513 g/mol. The van der Waals surface area contributed by atoms with Crippen LogP contribution < -0.4 is 4.74 Å². The van der Waals surface area contributed by atoms with Gasteiger partial charge in [-0.2, -0.15) is 0 Å². The molecule has 1 amide bonds. The highest BCUT2D eigenvalue weighted by Gasteiger charge is 2.46. The Kier molecular flexibility index (Phi) is 8.85. The van der Waals surface area contributed by atoms with Gasteiger partial charge in [0.05, 0.1) is 23.2 Å². The van der Waals surface area contributed by atoms with Crippen LogP contribution in [0.25, 0.3) is 5.76 Å². The Morgan fingerprint density at radius 2 is 1.69 bits per heavy atom. The number of rotatable bonds is 9. The first-order valence-corrected chi connectivity index (χ1v) is 12.9. The number of likely N-dealkylation sites (N-methyl/N-ethyl adjacent to an activating group) is 1. The lowest BCUT2D eigenvalue weighted by Gasteiger charge is -2.29. The molecule has 2 aromatic carbocycles. The molecule has 1 fully saturated rings. The third-order valence-corrected chi connectivity index (χ3v) is 7.02. The minimum Gasteiger partial charge on any atom is -0.507 e. The van der Waals surface area contributed by atoms with E-state index in [1.165, 1.54) is 0 Å². The van der Waals surface area contributed by atoms with Crippen molar-refractivity contribution in [2.45, 2.75) is 53.0 Å². The molecule has 194 valence electrons.